The lowest BCUT2D eigenvalue weighted by molar-refractivity contribution is -0.137. The van der Waals surface area contributed by atoms with Crippen molar-refractivity contribution in [3.8, 4) is 0 Å². The maximum absolute atomic E-state index is 12.9. The summed E-state index contributed by atoms with van der Waals surface area (Å²) in [6, 6.07) is 13.7. The van der Waals surface area contributed by atoms with Crippen molar-refractivity contribution >= 4 is 11.8 Å². The van der Waals surface area contributed by atoms with Crippen LogP contribution in [0.15, 0.2) is 48.5 Å². The van der Waals surface area contributed by atoms with Gasteiger partial charge in [0.05, 0.1) is 5.56 Å². The monoisotopic (exact) mass is 489 g/mol. The predicted molar refractivity (Wildman–Crippen MR) is 130 cm³/mol. The van der Waals surface area contributed by atoms with Crippen molar-refractivity contribution < 1.29 is 22.7 Å². The Balaban J connectivity index is 1.30. The molecule has 0 spiro atoms. The zero-order valence-corrected chi connectivity index (χ0v) is 20.1. The van der Waals surface area contributed by atoms with Gasteiger partial charge in [-0.2, -0.15) is 13.2 Å². The number of nitrogens with one attached hydrogen (secondary N) is 2. The van der Waals surface area contributed by atoms with Crippen molar-refractivity contribution in [2.75, 3.05) is 18.0 Å². The molecule has 2 aromatic carbocycles. The van der Waals surface area contributed by atoms with Crippen LogP contribution in [0.1, 0.15) is 55.2 Å². The Kier molecular flexibility index (Phi) is 8.21. The van der Waals surface area contributed by atoms with E-state index in [1.165, 1.54) is 0 Å². The molecule has 35 heavy (non-hydrogen) atoms. The number of hydrogen-bond acceptors (Lipinski definition) is 4. The normalized spacial score (nSPS) is 23.1. The number of alkyl carbamates (subject to hydrolysis) is 1. The van der Waals surface area contributed by atoms with Gasteiger partial charge in [-0.1, -0.05) is 42.7 Å². The quantitative estimate of drug-likeness (QED) is 0.538. The van der Waals surface area contributed by atoms with Gasteiger partial charge in [0.25, 0.3) is 0 Å². The molecule has 1 saturated heterocycles. The molecule has 1 aliphatic carbocycles. The lowest BCUT2D eigenvalue weighted by Crippen LogP contribution is -2.57. The highest BCUT2D eigenvalue weighted by molar-refractivity contribution is 5.67. The van der Waals surface area contributed by atoms with Crippen LogP contribution < -0.4 is 15.5 Å². The molecular formula is C27H34F3N3O2. The highest BCUT2D eigenvalue weighted by atomic mass is 19.4. The number of alkyl halides is 3. The lowest BCUT2D eigenvalue weighted by atomic mass is 9.89. The van der Waals surface area contributed by atoms with Crippen LogP contribution in [0.2, 0.25) is 0 Å². The van der Waals surface area contributed by atoms with E-state index in [2.05, 4.69) is 15.5 Å². The first-order valence-corrected chi connectivity index (χ1v) is 12.4. The van der Waals surface area contributed by atoms with E-state index < -0.39 is 17.8 Å². The van der Waals surface area contributed by atoms with Gasteiger partial charge in [0.1, 0.15) is 6.61 Å². The van der Waals surface area contributed by atoms with Crippen LogP contribution in [0.4, 0.5) is 23.7 Å². The Morgan fingerprint density at radius 3 is 2.34 bits per heavy atom. The summed E-state index contributed by atoms with van der Waals surface area (Å²) >= 11 is 0. The number of benzene rings is 2. The summed E-state index contributed by atoms with van der Waals surface area (Å²) in [6.07, 6.45) is 1.26. The zero-order chi connectivity index (χ0) is 24.8. The molecule has 3 unspecified atom stereocenters. The summed E-state index contributed by atoms with van der Waals surface area (Å²) < 4.78 is 44.1. The number of hydrogen-bond donors (Lipinski definition) is 2. The number of amides is 1. The molecule has 5 nitrogen and oxygen atoms in total. The zero-order valence-electron chi connectivity index (χ0n) is 20.1. The molecule has 0 aromatic heterocycles. The van der Waals surface area contributed by atoms with Crippen molar-refractivity contribution in [3.63, 3.8) is 0 Å². The number of nitrogens with zero attached hydrogens (tertiary/aromatic N) is 1. The number of anilines is 1. The molecular weight excluding hydrogens is 455 g/mol. The summed E-state index contributed by atoms with van der Waals surface area (Å²) in [6.45, 7) is 3.80. The molecule has 0 bridgehead atoms. The Morgan fingerprint density at radius 1 is 0.971 bits per heavy atom. The van der Waals surface area contributed by atoms with Crippen molar-refractivity contribution in [2.45, 2.75) is 76.4 Å². The number of aryl methyl sites for hydroxylation is 1. The average molecular weight is 490 g/mol. The third-order valence-electron chi connectivity index (χ3n) is 6.99. The molecule has 2 aliphatic rings. The van der Waals surface area contributed by atoms with Crippen LogP contribution in [0.3, 0.4) is 0 Å². The summed E-state index contributed by atoms with van der Waals surface area (Å²) in [5.74, 6) is 0. The summed E-state index contributed by atoms with van der Waals surface area (Å²) in [5, 5.41) is 6.80. The first-order chi connectivity index (χ1) is 16.8. The molecule has 1 heterocycles. The number of piperidine rings is 1. The molecule has 2 aromatic rings. The largest absolute Gasteiger partial charge is 0.445 e. The number of ether oxygens (including phenoxy) is 1. The fraction of sp³-hybridized carbons (Fsp3) is 0.519. The van der Waals surface area contributed by atoms with Gasteiger partial charge >= 0.3 is 12.3 Å². The molecule has 190 valence electrons. The highest BCUT2D eigenvalue weighted by Crippen LogP contribution is 2.31. The van der Waals surface area contributed by atoms with Gasteiger partial charge in [-0.3, -0.25) is 0 Å². The minimum atomic E-state index is -4.32. The minimum absolute atomic E-state index is 0.00397. The standard InChI is InChI=1S/C27H34F3N3O2/c1-19-8-10-20(11-9-19)18-35-26(34)32-25-7-3-2-6-24(25)31-22-5-4-16-33(17-22)23-14-12-21(13-15-23)27(28,29)30/h8-15,22,24-25,31H,2-7,16-18H2,1H3,(H,32,34). The second kappa shape index (κ2) is 11.3. The van der Waals surface area contributed by atoms with Crippen LogP contribution in [-0.2, 0) is 17.5 Å². The Hall–Kier alpha value is -2.74. The Labute approximate surface area is 205 Å². The molecule has 2 fully saturated rings. The number of carbonyl (C=O) groups is 1. The van der Waals surface area contributed by atoms with Crippen LogP contribution >= 0.6 is 0 Å². The molecule has 2 N–H and O–H groups in total. The molecule has 0 radical (unpaired) electrons. The van der Waals surface area contributed by atoms with Crippen molar-refractivity contribution in [1.82, 2.24) is 10.6 Å². The van der Waals surface area contributed by atoms with Crippen LogP contribution in [0.5, 0.6) is 0 Å². The topological polar surface area (TPSA) is 53.6 Å². The minimum Gasteiger partial charge on any atom is -0.445 e. The second-order valence-electron chi connectivity index (χ2n) is 9.70. The van der Waals surface area contributed by atoms with E-state index >= 15 is 0 Å². The lowest BCUT2D eigenvalue weighted by Gasteiger charge is -2.40. The van der Waals surface area contributed by atoms with Gasteiger partial charge < -0.3 is 20.3 Å². The molecule has 1 saturated carbocycles. The molecule has 1 aliphatic heterocycles. The van der Waals surface area contributed by atoms with E-state index in [4.69, 9.17) is 4.74 Å². The Bertz CT molecular complexity index is 963. The van der Waals surface area contributed by atoms with Crippen molar-refractivity contribution in [2.24, 2.45) is 0 Å². The first-order valence-electron chi connectivity index (χ1n) is 12.4. The van der Waals surface area contributed by atoms with Gasteiger partial charge in [0.15, 0.2) is 0 Å². The van der Waals surface area contributed by atoms with Gasteiger partial charge in [-0.05, 0) is 62.4 Å². The third kappa shape index (κ3) is 7.13. The second-order valence-corrected chi connectivity index (χ2v) is 9.70. The highest BCUT2D eigenvalue weighted by Gasteiger charge is 2.32. The maximum atomic E-state index is 12.9. The van der Waals surface area contributed by atoms with Crippen LogP contribution in [0.25, 0.3) is 0 Å². The Morgan fingerprint density at radius 2 is 1.66 bits per heavy atom. The number of carbonyl (C=O) groups excluding carboxylic acids is 1. The molecule has 3 atom stereocenters. The van der Waals surface area contributed by atoms with E-state index in [-0.39, 0.29) is 24.7 Å². The van der Waals surface area contributed by atoms with Crippen LogP contribution in [-0.4, -0.2) is 37.3 Å². The summed E-state index contributed by atoms with van der Waals surface area (Å²) in [4.78, 5) is 14.6. The van der Waals surface area contributed by atoms with Gasteiger partial charge in [-0.15, -0.1) is 0 Å². The third-order valence-corrected chi connectivity index (χ3v) is 6.99. The van der Waals surface area contributed by atoms with E-state index in [0.29, 0.717) is 0 Å². The van der Waals surface area contributed by atoms with E-state index in [1.807, 2.05) is 31.2 Å². The molecule has 4 rings (SSSR count). The van der Waals surface area contributed by atoms with Gasteiger partial charge in [0.2, 0.25) is 0 Å². The summed E-state index contributed by atoms with van der Waals surface area (Å²) in [5.41, 5.74) is 2.30. The fourth-order valence-corrected chi connectivity index (χ4v) is 5.04. The van der Waals surface area contributed by atoms with Gasteiger partial charge in [-0.25, -0.2) is 4.79 Å². The predicted octanol–water partition coefficient (Wildman–Crippen LogP) is 5.81. The van der Waals surface area contributed by atoms with Crippen LogP contribution in [0, 0.1) is 6.92 Å². The van der Waals surface area contributed by atoms with Crippen molar-refractivity contribution in [3.05, 3.63) is 65.2 Å². The number of rotatable bonds is 6. The van der Waals surface area contributed by atoms with Gasteiger partial charge in [0, 0.05) is 36.9 Å². The number of halogens is 3. The van der Waals surface area contributed by atoms with E-state index in [1.54, 1.807) is 12.1 Å². The average Bonchev–Trinajstić information content (AvgIpc) is 2.85. The van der Waals surface area contributed by atoms with E-state index in [9.17, 15) is 18.0 Å². The smallest absolute Gasteiger partial charge is 0.416 e. The van der Waals surface area contributed by atoms with Crippen molar-refractivity contribution in [1.29, 1.82) is 0 Å². The fourth-order valence-electron chi connectivity index (χ4n) is 5.04. The maximum Gasteiger partial charge on any atom is 0.416 e. The molecule has 8 heteroatoms. The SMILES string of the molecule is Cc1ccc(COC(=O)NC2CCCCC2NC2CCCN(c3ccc(C(F)(F)F)cc3)C2)cc1. The first kappa shape index (κ1) is 25.4. The molecule has 1 amide bonds. The summed E-state index contributed by atoms with van der Waals surface area (Å²) in [7, 11) is 0. The van der Waals surface area contributed by atoms with E-state index in [0.717, 1.165) is 80.6 Å².